The molecule has 0 spiro atoms. The van der Waals surface area contributed by atoms with Crippen molar-refractivity contribution in [3.63, 3.8) is 0 Å². The third-order valence-electron chi connectivity index (χ3n) is 3.52. The zero-order chi connectivity index (χ0) is 11.6. The predicted molar refractivity (Wildman–Crippen MR) is 51.5 cm³/mol. The minimum absolute atomic E-state index is 0.632. The first-order valence-electron chi connectivity index (χ1n) is 4.39. The van der Waals surface area contributed by atoms with Crippen LogP contribution >= 0.6 is 23.2 Å². The van der Waals surface area contributed by atoms with Gasteiger partial charge in [0.25, 0.3) is 0 Å². The van der Waals surface area contributed by atoms with E-state index < -0.39 is 27.3 Å². The molecular formula is C9H13Cl2F3. The first-order chi connectivity index (χ1) is 5.94. The average Bonchev–Trinajstić information content (AvgIpc) is 2.16. The van der Waals surface area contributed by atoms with Crippen molar-refractivity contribution < 1.29 is 13.2 Å². The van der Waals surface area contributed by atoms with Crippen LogP contribution in [0.25, 0.3) is 0 Å². The molecule has 1 rings (SSSR count). The second-order valence-electron chi connectivity index (χ2n) is 4.66. The predicted octanol–water partition coefficient (Wildman–Crippen LogP) is 4.40. The summed E-state index contributed by atoms with van der Waals surface area (Å²) in [6, 6.07) is 0. The van der Waals surface area contributed by atoms with Crippen molar-refractivity contribution in [3.05, 3.63) is 0 Å². The fourth-order valence-corrected chi connectivity index (χ4v) is 4.07. The Hall–Kier alpha value is 0.370. The minimum atomic E-state index is -4.37. The summed E-state index contributed by atoms with van der Waals surface area (Å²) in [5.74, 6) is -0.632. The molecule has 0 aromatic rings. The molecule has 1 fully saturated rings. The summed E-state index contributed by atoms with van der Waals surface area (Å²) >= 11 is 11.6. The Kier molecular flexibility index (Phi) is 2.43. The molecule has 1 aliphatic carbocycles. The van der Waals surface area contributed by atoms with E-state index in [9.17, 15) is 13.2 Å². The normalized spacial score (nSPS) is 34.7. The van der Waals surface area contributed by atoms with E-state index in [0.717, 1.165) is 0 Å². The Morgan fingerprint density at radius 3 is 1.36 bits per heavy atom. The lowest BCUT2D eigenvalue weighted by Gasteiger charge is -2.27. The van der Waals surface area contributed by atoms with Crippen LogP contribution in [0, 0.1) is 16.7 Å². The second kappa shape index (κ2) is 2.73. The van der Waals surface area contributed by atoms with Crippen molar-refractivity contribution in [2.45, 2.75) is 38.2 Å². The van der Waals surface area contributed by atoms with Crippen molar-refractivity contribution in [2.75, 3.05) is 0 Å². The summed E-state index contributed by atoms with van der Waals surface area (Å²) in [4.78, 5) is 0. The molecule has 0 aromatic carbocycles. The smallest absolute Gasteiger partial charge is 0.170 e. The fraction of sp³-hybridized carbons (Fsp3) is 1.00. The van der Waals surface area contributed by atoms with Crippen LogP contribution < -0.4 is 0 Å². The number of hydrogen-bond donors (Lipinski definition) is 0. The number of hydrogen-bond acceptors (Lipinski definition) is 0. The Labute approximate surface area is 91.8 Å². The molecule has 1 aliphatic rings. The van der Waals surface area contributed by atoms with Gasteiger partial charge in [0.15, 0.2) is 0 Å². The highest BCUT2D eigenvalue weighted by Crippen LogP contribution is 2.85. The first-order valence-corrected chi connectivity index (χ1v) is 5.14. The van der Waals surface area contributed by atoms with Crippen LogP contribution in [-0.4, -0.2) is 10.5 Å². The number of alkyl halides is 5. The topological polar surface area (TPSA) is 0 Å². The monoisotopic (exact) mass is 248 g/mol. The molecule has 0 aliphatic heterocycles. The maximum Gasteiger partial charge on any atom is 0.398 e. The van der Waals surface area contributed by atoms with Crippen LogP contribution in [0.1, 0.15) is 27.7 Å². The maximum absolute atomic E-state index is 13.0. The van der Waals surface area contributed by atoms with Crippen molar-refractivity contribution in [1.82, 2.24) is 0 Å². The van der Waals surface area contributed by atoms with E-state index in [2.05, 4.69) is 0 Å². The molecule has 0 N–H and O–H groups in total. The highest BCUT2D eigenvalue weighted by atomic mass is 35.5. The Morgan fingerprint density at radius 2 is 1.36 bits per heavy atom. The molecule has 5 heteroatoms. The van der Waals surface area contributed by atoms with Crippen LogP contribution in [0.2, 0.25) is 0 Å². The molecule has 14 heavy (non-hydrogen) atoms. The summed E-state index contributed by atoms with van der Waals surface area (Å²) in [6.07, 6.45) is -4.37. The van der Waals surface area contributed by atoms with Crippen LogP contribution in [0.3, 0.4) is 0 Å². The van der Waals surface area contributed by atoms with E-state index in [0.29, 0.717) is 0 Å². The summed E-state index contributed by atoms with van der Waals surface area (Å²) in [7, 11) is 0. The Bertz CT molecular complexity index is 239. The van der Waals surface area contributed by atoms with Gasteiger partial charge in [0, 0.05) is 5.41 Å². The molecule has 1 atom stereocenters. The quantitative estimate of drug-likeness (QED) is 0.604. The lowest BCUT2D eigenvalue weighted by atomic mass is 9.84. The van der Waals surface area contributed by atoms with Gasteiger partial charge < -0.3 is 0 Å². The lowest BCUT2D eigenvalue weighted by Crippen LogP contribution is -2.36. The average molecular weight is 249 g/mol. The number of rotatable bonds is 1. The summed E-state index contributed by atoms with van der Waals surface area (Å²) in [5, 5.41) is 0. The van der Waals surface area contributed by atoms with Gasteiger partial charge in [-0.2, -0.15) is 13.2 Å². The number of halogens is 5. The Morgan fingerprint density at radius 1 is 1.07 bits per heavy atom. The van der Waals surface area contributed by atoms with Crippen molar-refractivity contribution in [2.24, 2.45) is 16.7 Å². The van der Waals surface area contributed by atoms with E-state index in [4.69, 9.17) is 23.2 Å². The molecule has 0 amide bonds. The Balaban J connectivity index is 3.27. The molecule has 1 unspecified atom stereocenters. The van der Waals surface area contributed by atoms with Gasteiger partial charge in [-0.1, -0.05) is 50.9 Å². The molecule has 0 nitrogen and oxygen atoms in total. The molecule has 0 heterocycles. The molecule has 0 radical (unpaired) electrons. The van der Waals surface area contributed by atoms with Gasteiger partial charge in [-0.25, -0.2) is 0 Å². The van der Waals surface area contributed by atoms with Gasteiger partial charge >= 0.3 is 6.18 Å². The van der Waals surface area contributed by atoms with Crippen molar-refractivity contribution in [1.29, 1.82) is 0 Å². The van der Waals surface area contributed by atoms with Gasteiger partial charge in [-0.05, 0) is 5.92 Å². The van der Waals surface area contributed by atoms with Crippen molar-refractivity contribution >= 4 is 23.2 Å². The van der Waals surface area contributed by atoms with E-state index in [-0.39, 0.29) is 0 Å². The van der Waals surface area contributed by atoms with Crippen LogP contribution in [0.4, 0.5) is 13.2 Å². The summed E-state index contributed by atoms with van der Waals surface area (Å²) in [5.41, 5.74) is -3.12. The summed E-state index contributed by atoms with van der Waals surface area (Å²) in [6.45, 7) is 5.92. The van der Waals surface area contributed by atoms with Gasteiger partial charge in [-0.3, -0.25) is 0 Å². The third-order valence-corrected chi connectivity index (χ3v) is 5.06. The van der Waals surface area contributed by atoms with Gasteiger partial charge in [0.1, 0.15) is 9.75 Å². The third kappa shape index (κ3) is 0.981. The van der Waals surface area contributed by atoms with E-state index in [1.165, 1.54) is 27.7 Å². The maximum atomic E-state index is 13.0. The summed E-state index contributed by atoms with van der Waals surface area (Å²) < 4.78 is 37.2. The zero-order valence-corrected chi connectivity index (χ0v) is 9.98. The van der Waals surface area contributed by atoms with Gasteiger partial charge in [-0.15, -0.1) is 0 Å². The molecule has 1 saturated carbocycles. The van der Waals surface area contributed by atoms with Gasteiger partial charge in [0.2, 0.25) is 0 Å². The van der Waals surface area contributed by atoms with E-state index >= 15 is 0 Å². The largest absolute Gasteiger partial charge is 0.398 e. The second-order valence-corrected chi connectivity index (χ2v) is 5.99. The molecule has 0 bridgehead atoms. The van der Waals surface area contributed by atoms with E-state index in [1.807, 2.05) is 0 Å². The fourth-order valence-electron chi connectivity index (χ4n) is 2.74. The highest BCUT2D eigenvalue weighted by Gasteiger charge is 2.92. The molecule has 0 saturated heterocycles. The lowest BCUT2D eigenvalue weighted by molar-refractivity contribution is -0.211. The van der Waals surface area contributed by atoms with Crippen molar-refractivity contribution in [3.8, 4) is 0 Å². The highest BCUT2D eigenvalue weighted by molar-refractivity contribution is 6.52. The molecule has 84 valence electrons. The first kappa shape index (κ1) is 12.4. The minimum Gasteiger partial charge on any atom is -0.170 e. The standard InChI is InChI=1S/C9H13Cl2F3/c1-5(2)7(9(12,13)14)6(3,4)8(7,10)11/h5H,1-4H3. The van der Waals surface area contributed by atoms with Gasteiger partial charge in [0.05, 0.1) is 0 Å². The van der Waals surface area contributed by atoms with E-state index in [1.54, 1.807) is 0 Å². The zero-order valence-electron chi connectivity index (χ0n) is 8.47. The molecular weight excluding hydrogens is 236 g/mol. The SMILES string of the molecule is CC(C)C1(C(F)(F)F)C(C)(C)C1(Cl)Cl. The van der Waals surface area contributed by atoms with Crippen LogP contribution in [-0.2, 0) is 0 Å². The molecule has 0 aromatic heterocycles. The van der Waals surface area contributed by atoms with Crippen LogP contribution in [0.15, 0.2) is 0 Å². The van der Waals surface area contributed by atoms with Crippen LogP contribution in [0.5, 0.6) is 0 Å².